The Morgan fingerprint density at radius 2 is 2.06 bits per heavy atom. The van der Waals surface area contributed by atoms with Crippen LogP contribution in [0.1, 0.15) is 30.0 Å². The summed E-state index contributed by atoms with van der Waals surface area (Å²) in [6.45, 7) is 0. The van der Waals surface area contributed by atoms with Crippen LogP contribution in [0.5, 0.6) is 0 Å². The van der Waals surface area contributed by atoms with E-state index in [-0.39, 0.29) is 6.10 Å². The third kappa shape index (κ3) is 1.99. The Labute approximate surface area is 100 Å². The van der Waals surface area contributed by atoms with Gasteiger partial charge < -0.3 is 10.4 Å². The van der Waals surface area contributed by atoms with Crippen molar-refractivity contribution in [1.82, 2.24) is 5.32 Å². The Kier molecular flexibility index (Phi) is 2.92. The Morgan fingerprint density at radius 1 is 1.25 bits per heavy atom. The first kappa shape index (κ1) is 10.6. The second-order valence-corrected chi connectivity index (χ2v) is 5.79. The van der Waals surface area contributed by atoms with E-state index in [1.54, 1.807) is 0 Å². The number of hydrogen-bond acceptors (Lipinski definition) is 3. The van der Waals surface area contributed by atoms with Gasteiger partial charge in [-0.1, -0.05) is 24.3 Å². The van der Waals surface area contributed by atoms with Crippen molar-refractivity contribution in [3.63, 3.8) is 0 Å². The lowest BCUT2D eigenvalue weighted by molar-refractivity contribution is 0.0587. The van der Waals surface area contributed by atoms with Crippen LogP contribution in [0, 0.1) is 0 Å². The van der Waals surface area contributed by atoms with Crippen LogP contribution in [0.4, 0.5) is 0 Å². The molecule has 3 rings (SSSR count). The van der Waals surface area contributed by atoms with Crippen molar-refractivity contribution < 1.29 is 5.11 Å². The highest BCUT2D eigenvalue weighted by Gasteiger charge is 2.30. The molecule has 86 valence electrons. The van der Waals surface area contributed by atoms with Gasteiger partial charge in [-0.15, -0.1) is 0 Å². The van der Waals surface area contributed by atoms with Crippen molar-refractivity contribution in [1.29, 1.82) is 0 Å². The minimum absolute atomic E-state index is 0.0658. The number of hydrogen-bond donors (Lipinski definition) is 2. The first-order chi connectivity index (χ1) is 7.83. The average Bonchev–Trinajstić information content (AvgIpc) is 2.27. The maximum atomic E-state index is 9.30. The number of nitrogens with one attached hydrogen (secondary N) is 1. The minimum atomic E-state index is -0.0658. The molecule has 0 radical (unpaired) electrons. The van der Waals surface area contributed by atoms with Gasteiger partial charge in [0, 0.05) is 23.6 Å². The Bertz CT molecular complexity index is 376. The number of thioether (sulfide) groups is 1. The van der Waals surface area contributed by atoms with Crippen molar-refractivity contribution in [2.75, 3.05) is 5.75 Å². The summed E-state index contributed by atoms with van der Waals surface area (Å²) in [6.07, 6.45) is 1.77. The van der Waals surface area contributed by atoms with E-state index in [0.29, 0.717) is 12.1 Å². The predicted molar refractivity (Wildman–Crippen MR) is 67.5 cm³/mol. The van der Waals surface area contributed by atoms with Crippen LogP contribution in [0.25, 0.3) is 0 Å². The van der Waals surface area contributed by atoms with Gasteiger partial charge in [0.25, 0.3) is 0 Å². The number of benzene rings is 1. The maximum Gasteiger partial charge on any atom is 0.0570 e. The summed E-state index contributed by atoms with van der Waals surface area (Å²) in [4.78, 5) is 0. The normalized spacial score (nSPS) is 32.9. The molecule has 0 aromatic heterocycles. The fraction of sp³-hybridized carbons (Fsp3) is 0.538. The topological polar surface area (TPSA) is 32.3 Å². The molecule has 1 unspecified atom stereocenters. The van der Waals surface area contributed by atoms with Crippen LogP contribution in [0.15, 0.2) is 24.3 Å². The molecule has 2 N–H and O–H groups in total. The van der Waals surface area contributed by atoms with E-state index in [1.807, 2.05) is 11.8 Å². The number of aliphatic hydroxyl groups is 1. The Hall–Kier alpha value is -0.510. The second kappa shape index (κ2) is 4.40. The zero-order chi connectivity index (χ0) is 11.0. The molecule has 1 aliphatic carbocycles. The van der Waals surface area contributed by atoms with Crippen molar-refractivity contribution >= 4 is 11.8 Å². The number of aliphatic hydroxyl groups excluding tert-OH is 1. The van der Waals surface area contributed by atoms with Gasteiger partial charge in [0.1, 0.15) is 0 Å². The second-order valence-electron chi connectivity index (χ2n) is 4.76. The van der Waals surface area contributed by atoms with Gasteiger partial charge >= 0.3 is 0 Å². The van der Waals surface area contributed by atoms with Gasteiger partial charge in [0.15, 0.2) is 0 Å². The SMILES string of the molecule is OC1CC(NC2CSCc3ccccc32)C1. The smallest absolute Gasteiger partial charge is 0.0570 e. The van der Waals surface area contributed by atoms with Crippen molar-refractivity contribution in [3.05, 3.63) is 35.4 Å². The summed E-state index contributed by atoms with van der Waals surface area (Å²) < 4.78 is 0. The van der Waals surface area contributed by atoms with E-state index in [4.69, 9.17) is 0 Å². The minimum Gasteiger partial charge on any atom is -0.393 e. The van der Waals surface area contributed by atoms with E-state index in [0.717, 1.165) is 24.3 Å². The molecule has 1 aliphatic heterocycles. The molecular formula is C13H17NOS. The molecule has 0 saturated heterocycles. The molecule has 1 aromatic carbocycles. The first-order valence-electron chi connectivity index (χ1n) is 5.92. The fourth-order valence-electron chi connectivity index (χ4n) is 2.53. The monoisotopic (exact) mass is 235 g/mol. The van der Waals surface area contributed by atoms with Crippen LogP contribution in [-0.2, 0) is 5.75 Å². The van der Waals surface area contributed by atoms with Crippen molar-refractivity contribution in [2.45, 2.75) is 36.8 Å². The molecule has 0 bridgehead atoms. The summed E-state index contributed by atoms with van der Waals surface area (Å²) in [5.74, 6) is 2.30. The predicted octanol–water partition coefficient (Wildman–Crippen LogP) is 2.09. The molecule has 1 fully saturated rings. The lowest BCUT2D eigenvalue weighted by Gasteiger charge is -2.37. The molecule has 1 heterocycles. The zero-order valence-corrected chi connectivity index (χ0v) is 10.0. The molecule has 2 nitrogen and oxygen atoms in total. The standard InChI is InChI=1S/C13H17NOS/c15-11-5-10(6-11)14-13-8-16-7-9-3-1-2-4-12(9)13/h1-4,10-11,13-15H,5-8H2. The molecule has 16 heavy (non-hydrogen) atoms. The molecule has 1 aromatic rings. The van der Waals surface area contributed by atoms with Gasteiger partial charge in [0.05, 0.1) is 6.10 Å². The van der Waals surface area contributed by atoms with Crippen molar-refractivity contribution in [2.24, 2.45) is 0 Å². The molecule has 1 atom stereocenters. The zero-order valence-electron chi connectivity index (χ0n) is 9.23. The summed E-state index contributed by atoms with van der Waals surface area (Å²) in [5.41, 5.74) is 2.93. The van der Waals surface area contributed by atoms with Gasteiger partial charge in [-0.05, 0) is 24.0 Å². The third-order valence-corrected chi connectivity index (χ3v) is 4.61. The molecule has 0 spiro atoms. The van der Waals surface area contributed by atoms with Crippen LogP contribution >= 0.6 is 11.8 Å². The molecule has 0 amide bonds. The number of fused-ring (bicyclic) bond motifs is 1. The fourth-order valence-corrected chi connectivity index (χ4v) is 3.64. The highest BCUT2D eigenvalue weighted by molar-refractivity contribution is 7.98. The van der Waals surface area contributed by atoms with E-state index in [9.17, 15) is 5.11 Å². The van der Waals surface area contributed by atoms with E-state index in [2.05, 4.69) is 29.6 Å². The lowest BCUT2D eigenvalue weighted by Crippen LogP contribution is -2.46. The highest BCUT2D eigenvalue weighted by atomic mass is 32.2. The van der Waals surface area contributed by atoms with E-state index >= 15 is 0 Å². The number of rotatable bonds is 2. The van der Waals surface area contributed by atoms with Gasteiger partial charge in [0.2, 0.25) is 0 Å². The highest BCUT2D eigenvalue weighted by Crippen LogP contribution is 2.33. The summed E-state index contributed by atoms with van der Waals surface area (Å²) in [5, 5.41) is 13.0. The summed E-state index contributed by atoms with van der Waals surface area (Å²) >= 11 is 2.00. The van der Waals surface area contributed by atoms with E-state index in [1.165, 1.54) is 11.1 Å². The van der Waals surface area contributed by atoms with Crippen LogP contribution in [-0.4, -0.2) is 23.0 Å². The first-order valence-corrected chi connectivity index (χ1v) is 7.08. The summed E-state index contributed by atoms with van der Waals surface area (Å²) in [6, 6.07) is 9.71. The van der Waals surface area contributed by atoms with Gasteiger partial charge in [-0.25, -0.2) is 0 Å². The van der Waals surface area contributed by atoms with Gasteiger partial charge in [-0.2, -0.15) is 11.8 Å². The quantitative estimate of drug-likeness (QED) is 0.823. The van der Waals surface area contributed by atoms with Crippen LogP contribution < -0.4 is 5.32 Å². The molecular weight excluding hydrogens is 218 g/mol. The molecule has 2 aliphatic rings. The maximum absolute atomic E-state index is 9.30. The van der Waals surface area contributed by atoms with Crippen LogP contribution in [0.2, 0.25) is 0 Å². The molecule has 1 saturated carbocycles. The van der Waals surface area contributed by atoms with Crippen LogP contribution in [0.3, 0.4) is 0 Å². The molecule has 3 heteroatoms. The summed E-state index contributed by atoms with van der Waals surface area (Å²) in [7, 11) is 0. The van der Waals surface area contributed by atoms with E-state index < -0.39 is 0 Å². The Balaban J connectivity index is 1.72. The lowest BCUT2D eigenvalue weighted by atomic mass is 9.88. The largest absolute Gasteiger partial charge is 0.393 e. The van der Waals surface area contributed by atoms with Gasteiger partial charge in [-0.3, -0.25) is 0 Å². The average molecular weight is 235 g/mol. The Morgan fingerprint density at radius 3 is 2.88 bits per heavy atom. The van der Waals surface area contributed by atoms with Crippen molar-refractivity contribution in [3.8, 4) is 0 Å². The third-order valence-electron chi connectivity index (χ3n) is 3.52.